The third-order valence-electron chi connectivity index (χ3n) is 3.85. The topological polar surface area (TPSA) is 35.6 Å². The monoisotopic (exact) mass is 311 g/mol. The van der Waals surface area contributed by atoms with E-state index < -0.39 is 11.6 Å². The number of urea groups is 1. The molecule has 22 heavy (non-hydrogen) atoms. The number of hydrogen-bond donors (Lipinski definition) is 1. The van der Waals surface area contributed by atoms with Gasteiger partial charge in [0.1, 0.15) is 11.6 Å². The molecule has 4 nitrogen and oxygen atoms in total. The number of nitrogens with one attached hydrogen (secondary N) is 1. The zero-order valence-electron chi connectivity index (χ0n) is 13.1. The second-order valence-electron chi connectivity index (χ2n) is 6.07. The van der Waals surface area contributed by atoms with Crippen LogP contribution in [0.4, 0.5) is 19.3 Å². The van der Waals surface area contributed by atoms with Crippen LogP contribution in [-0.2, 0) is 0 Å². The van der Waals surface area contributed by atoms with Gasteiger partial charge in [-0.2, -0.15) is 0 Å². The van der Waals surface area contributed by atoms with Gasteiger partial charge in [-0.05, 0) is 31.0 Å². The van der Waals surface area contributed by atoms with E-state index in [0.29, 0.717) is 19.0 Å². The summed E-state index contributed by atoms with van der Waals surface area (Å²) in [6.07, 6.45) is 1.15. The molecule has 1 N–H and O–H groups in total. The Labute approximate surface area is 130 Å². The van der Waals surface area contributed by atoms with Crippen LogP contribution in [-0.4, -0.2) is 48.6 Å². The van der Waals surface area contributed by atoms with E-state index in [1.807, 2.05) is 0 Å². The number of nitrogens with zero attached hydrogens (tertiary/aromatic N) is 2. The molecule has 0 spiro atoms. The van der Waals surface area contributed by atoms with Crippen molar-refractivity contribution in [2.75, 3.05) is 38.0 Å². The highest BCUT2D eigenvalue weighted by Crippen LogP contribution is 2.16. The van der Waals surface area contributed by atoms with E-state index in [0.717, 1.165) is 38.2 Å². The molecule has 2 rings (SSSR count). The lowest BCUT2D eigenvalue weighted by Gasteiger charge is -2.35. The number of piperazine rings is 1. The van der Waals surface area contributed by atoms with Crippen LogP contribution < -0.4 is 5.32 Å². The number of amides is 2. The first-order valence-corrected chi connectivity index (χ1v) is 7.69. The zero-order chi connectivity index (χ0) is 16.1. The average Bonchev–Trinajstić information content (AvgIpc) is 2.48. The summed E-state index contributed by atoms with van der Waals surface area (Å²) >= 11 is 0. The van der Waals surface area contributed by atoms with Crippen molar-refractivity contribution in [2.24, 2.45) is 5.92 Å². The van der Waals surface area contributed by atoms with Gasteiger partial charge in [-0.15, -0.1) is 0 Å². The van der Waals surface area contributed by atoms with E-state index in [1.165, 1.54) is 6.07 Å². The first kappa shape index (κ1) is 16.7. The molecule has 1 aromatic rings. The highest BCUT2D eigenvalue weighted by atomic mass is 19.1. The van der Waals surface area contributed by atoms with Crippen LogP contribution in [0.5, 0.6) is 0 Å². The second-order valence-corrected chi connectivity index (χ2v) is 6.07. The first-order chi connectivity index (χ1) is 10.5. The minimum atomic E-state index is -0.760. The van der Waals surface area contributed by atoms with Gasteiger partial charge >= 0.3 is 6.03 Å². The van der Waals surface area contributed by atoms with Crippen LogP contribution in [0.1, 0.15) is 20.3 Å². The Morgan fingerprint density at radius 1 is 1.23 bits per heavy atom. The zero-order valence-corrected chi connectivity index (χ0v) is 13.1. The van der Waals surface area contributed by atoms with Crippen LogP contribution in [0.25, 0.3) is 0 Å². The van der Waals surface area contributed by atoms with Gasteiger partial charge in [-0.3, -0.25) is 4.90 Å². The lowest BCUT2D eigenvalue weighted by Crippen LogP contribution is -2.50. The van der Waals surface area contributed by atoms with Gasteiger partial charge in [0.25, 0.3) is 0 Å². The third-order valence-corrected chi connectivity index (χ3v) is 3.85. The summed E-state index contributed by atoms with van der Waals surface area (Å²) in [6, 6.07) is 2.79. The fourth-order valence-corrected chi connectivity index (χ4v) is 2.40. The lowest BCUT2D eigenvalue weighted by molar-refractivity contribution is 0.143. The van der Waals surface area contributed by atoms with Crippen molar-refractivity contribution in [1.82, 2.24) is 9.80 Å². The predicted octanol–water partition coefficient (Wildman–Crippen LogP) is 3.16. The predicted molar refractivity (Wildman–Crippen MR) is 82.8 cm³/mol. The molecule has 0 radical (unpaired) electrons. The van der Waals surface area contributed by atoms with Gasteiger partial charge in [0.2, 0.25) is 0 Å². The van der Waals surface area contributed by atoms with Gasteiger partial charge in [0.15, 0.2) is 0 Å². The first-order valence-electron chi connectivity index (χ1n) is 7.69. The van der Waals surface area contributed by atoms with Gasteiger partial charge in [-0.1, -0.05) is 13.8 Å². The minimum absolute atomic E-state index is 0.00800. The van der Waals surface area contributed by atoms with Crippen molar-refractivity contribution in [3.8, 4) is 0 Å². The summed E-state index contributed by atoms with van der Waals surface area (Å²) < 4.78 is 26.4. The van der Waals surface area contributed by atoms with Crippen LogP contribution in [0.15, 0.2) is 18.2 Å². The Balaban J connectivity index is 1.82. The van der Waals surface area contributed by atoms with Crippen LogP contribution in [0, 0.1) is 17.6 Å². The number of carbonyl (C=O) groups is 1. The highest BCUT2D eigenvalue weighted by molar-refractivity contribution is 5.89. The summed E-state index contributed by atoms with van der Waals surface area (Å²) in [6.45, 7) is 8.32. The Hall–Kier alpha value is -1.69. The Morgan fingerprint density at radius 3 is 2.50 bits per heavy atom. The number of carbonyl (C=O) groups excluding carboxylic acids is 1. The molecular weight excluding hydrogens is 288 g/mol. The van der Waals surface area contributed by atoms with Crippen LogP contribution >= 0.6 is 0 Å². The number of rotatable bonds is 4. The maximum absolute atomic E-state index is 13.5. The van der Waals surface area contributed by atoms with Crippen LogP contribution in [0.2, 0.25) is 0 Å². The SMILES string of the molecule is CC(C)CCN1CCN(C(=O)Nc2ccc(F)cc2F)CC1. The van der Waals surface area contributed by atoms with Gasteiger partial charge in [0, 0.05) is 32.2 Å². The number of hydrogen-bond acceptors (Lipinski definition) is 2. The van der Waals surface area contributed by atoms with Gasteiger partial charge in [0.05, 0.1) is 5.69 Å². The lowest BCUT2D eigenvalue weighted by atomic mass is 10.1. The molecule has 1 aromatic carbocycles. The maximum atomic E-state index is 13.5. The summed E-state index contributed by atoms with van der Waals surface area (Å²) in [5.74, 6) is -0.749. The molecule has 0 saturated carbocycles. The molecule has 1 fully saturated rings. The summed E-state index contributed by atoms with van der Waals surface area (Å²) in [5, 5.41) is 2.50. The van der Waals surface area contributed by atoms with Gasteiger partial charge in [-0.25, -0.2) is 13.6 Å². The average molecular weight is 311 g/mol. The molecule has 1 saturated heterocycles. The Kier molecular flexibility index (Phi) is 5.71. The molecule has 1 aliphatic rings. The smallest absolute Gasteiger partial charge is 0.322 e. The van der Waals surface area contributed by atoms with E-state index in [2.05, 4.69) is 24.1 Å². The second kappa shape index (κ2) is 7.54. The molecule has 1 aliphatic heterocycles. The van der Waals surface area contributed by atoms with E-state index in [1.54, 1.807) is 4.90 Å². The summed E-state index contributed by atoms with van der Waals surface area (Å²) in [4.78, 5) is 16.1. The molecule has 0 bridgehead atoms. The molecule has 0 atom stereocenters. The Morgan fingerprint density at radius 2 is 1.91 bits per heavy atom. The largest absolute Gasteiger partial charge is 0.322 e. The molecule has 2 amide bonds. The molecule has 122 valence electrons. The highest BCUT2D eigenvalue weighted by Gasteiger charge is 2.21. The van der Waals surface area contributed by atoms with Crippen LogP contribution in [0.3, 0.4) is 0 Å². The quantitative estimate of drug-likeness (QED) is 0.927. The molecule has 0 aliphatic carbocycles. The normalized spacial score (nSPS) is 16.1. The van der Waals surface area contributed by atoms with Crippen molar-refractivity contribution >= 4 is 11.7 Å². The molecule has 6 heteroatoms. The van der Waals surface area contributed by atoms with E-state index >= 15 is 0 Å². The molecule has 0 aromatic heterocycles. The van der Waals surface area contributed by atoms with E-state index in [9.17, 15) is 13.6 Å². The van der Waals surface area contributed by atoms with E-state index in [-0.39, 0.29) is 11.7 Å². The van der Waals surface area contributed by atoms with Crippen molar-refractivity contribution < 1.29 is 13.6 Å². The summed E-state index contributed by atoms with van der Waals surface area (Å²) in [5.41, 5.74) is 0.00800. The van der Waals surface area contributed by atoms with Crippen molar-refractivity contribution in [3.63, 3.8) is 0 Å². The minimum Gasteiger partial charge on any atom is -0.322 e. The fourth-order valence-electron chi connectivity index (χ4n) is 2.40. The molecule has 0 unspecified atom stereocenters. The fraction of sp³-hybridized carbons (Fsp3) is 0.562. The Bertz CT molecular complexity index is 514. The van der Waals surface area contributed by atoms with Crippen molar-refractivity contribution in [2.45, 2.75) is 20.3 Å². The van der Waals surface area contributed by atoms with Gasteiger partial charge < -0.3 is 10.2 Å². The third kappa shape index (κ3) is 4.66. The molecular formula is C16H23F2N3O. The van der Waals surface area contributed by atoms with Crippen molar-refractivity contribution in [3.05, 3.63) is 29.8 Å². The van der Waals surface area contributed by atoms with Crippen molar-refractivity contribution in [1.29, 1.82) is 0 Å². The summed E-state index contributed by atoms with van der Waals surface area (Å²) in [7, 11) is 0. The van der Waals surface area contributed by atoms with E-state index in [4.69, 9.17) is 0 Å². The number of anilines is 1. The molecule has 1 heterocycles. The maximum Gasteiger partial charge on any atom is 0.322 e. The number of halogens is 2. The standard InChI is InChI=1S/C16H23F2N3O/c1-12(2)5-6-20-7-9-21(10-8-20)16(22)19-15-4-3-13(17)11-14(15)18/h3-4,11-12H,5-10H2,1-2H3,(H,19,22). The number of benzene rings is 1.